The van der Waals surface area contributed by atoms with E-state index in [4.69, 9.17) is 10.9 Å². The Morgan fingerprint density at radius 1 is 1.53 bits per heavy atom. The summed E-state index contributed by atoms with van der Waals surface area (Å²) in [6.07, 6.45) is 1.07. The molecule has 0 aromatic heterocycles. The summed E-state index contributed by atoms with van der Waals surface area (Å²) in [6.45, 7) is 0. The largest absolute Gasteiger partial charge is 0.411 e. The SMILES string of the molecule is CS(=O)(=O)C/C(=N\O)c1cccc(N)c1. The third-order valence-electron chi connectivity index (χ3n) is 1.74. The lowest BCUT2D eigenvalue weighted by atomic mass is 10.1. The fourth-order valence-corrected chi connectivity index (χ4v) is 1.86. The van der Waals surface area contributed by atoms with Crippen LogP contribution in [0.1, 0.15) is 5.56 Å². The topological polar surface area (TPSA) is 92.8 Å². The number of hydrogen-bond donors (Lipinski definition) is 2. The van der Waals surface area contributed by atoms with E-state index in [0.717, 1.165) is 6.26 Å². The maximum Gasteiger partial charge on any atom is 0.153 e. The van der Waals surface area contributed by atoms with Crippen LogP contribution in [0.25, 0.3) is 0 Å². The molecule has 1 rings (SSSR count). The molecular weight excluding hydrogens is 216 g/mol. The average Bonchev–Trinajstić information content (AvgIpc) is 2.13. The van der Waals surface area contributed by atoms with E-state index in [1.807, 2.05) is 0 Å². The number of nitrogen functional groups attached to an aromatic ring is 1. The molecule has 1 aromatic carbocycles. The van der Waals surface area contributed by atoms with Gasteiger partial charge in [-0.25, -0.2) is 8.42 Å². The summed E-state index contributed by atoms with van der Waals surface area (Å²) in [6, 6.07) is 6.52. The number of anilines is 1. The molecule has 1 aromatic rings. The molecule has 0 radical (unpaired) electrons. The Labute approximate surface area is 88.1 Å². The van der Waals surface area contributed by atoms with Gasteiger partial charge in [-0.05, 0) is 12.1 Å². The molecule has 0 fully saturated rings. The Morgan fingerprint density at radius 3 is 2.67 bits per heavy atom. The predicted octanol–water partition coefficient (Wildman–Crippen LogP) is 0.492. The number of sulfone groups is 1. The van der Waals surface area contributed by atoms with Gasteiger partial charge in [-0.15, -0.1) is 0 Å². The minimum Gasteiger partial charge on any atom is -0.411 e. The van der Waals surface area contributed by atoms with Crippen LogP contribution < -0.4 is 5.73 Å². The number of hydrogen-bond acceptors (Lipinski definition) is 5. The molecule has 0 atom stereocenters. The first-order chi connectivity index (χ1) is 6.92. The van der Waals surface area contributed by atoms with Crippen molar-refractivity contribution in [3.05, 3.63) is 29.8 Å². The second-order valence-electron chi connectivity index (χ2n) is 3.24. The van der Waals surface area contributed by atoms with Gasteiger partial charge in [0.25, 0.3) is 0 Å². The zero-order chi connectivity index (χ0) is 11.5. The molecule has 15 heavy (non-hydrogen) atoms. The average molecular weight is 228 g/mol. The van der Waals surface area contributed by atoms with Gasteiger partial charge in [0, 0.05) is 17.5 Å². The molecule has 0 aliphatic rings. The summed E-state index contributed by atoms with van der Waals surface area (Å²) in [5.41, 5.74) is 6.61. The molecule has 5 nitrogen and oxygen atoms in total. The normalized spacial score (nSPS) is 12.7. The van der Waals surface area contributed by atoms with Crippen LogP contribution in [0.3, 0.4) is 0 Å². The second kappa shape index (κ2) is 4.31. The fraction of sp³-hybridized carbons (Fsp3) is 0.222. The van der Waals surface area contributed by atoms with Gasteiger partial charge in [-0.1, -0.05) is 17.3 Å². The summed E-state index contributed by atoms with van der Waals surface area (Å²) in [7, 11) is -3.23. The van der Waals surface area contributed by atoms with Crippen molar-refractivity contribution >= 4 is 21.2 Å². The Balaban J connectivity index is 3.05. The van der Waals surface area contributed by atoms with Crippen LogP contribution in [-0.2, 0) is 9.84 Å². The molecule has 0 heterocycles. The van der Waals surface area contributed by atoms with Gasteiger partial charge in [-0.3, -0.25) is 0 Å². The van der Waals surface area contributed by atoms with Gasteiger partial charge in [0.2, 0.25) is 0 Å². The first-order valence-electron chi connectivity index (χ1n) is 4.17. The summed E-state index contributed by atoms with van der Waals surface area (Å²) in [5, 5.41) is 11.7. The third-order valence-corrected chi connectivity index (χ3v) is 2.54. The van der Waals surface area contributed by atoms with Crippen molar-refractivity contribution in [2.24, 2.45) is 5.16 Å². The number of nitrogens with two attached hydrogens (primary N) is 1. The van der Waals surface area contributed by atoms with Crippen LogP contribution in [0, 0.1) is 0 Å². The number of benzene rings is 1. The zero-order valence-corrected chi connectivity index (χ0v) is 9.03. The summed E-state index contributed by atoms with van der Waals surface area (Å²) < 4.78 is 22.1. The van der Waals surface area contributed by atoms with E-state index in [0.29, 0.717) is 11.3 Å². The van der Waals surface area contributed by atoms with Gasteiger partial charge in [-0.2, -0.15) is 0 Å². The molecule has 0 spiro atoms. The van der Waals surface area contributed by atoms with Crippen molar-refractivity contribution in [1.29, 1.82) is 0 Å². The van der Waals surface area contributed by atoms with E-state index in [1.165, 1.54) is 0 Å². The smallest absolute Gasteiger partial charge is 0.153 e. The molecule has 82 valence electrons. The fourth-order valence-electron chi connectivity index (χ4n) is 1.14. The summed E-state index contributed by atoms with van der Waals surface area (Å²) in [5.74, 6) is -0.313. The maximum absolute atomic E-state index is 11.0. The van der Waals surface area contributed by atoms with Gasteiger partial charge in [0.15, 0.2) is 9.84 Å². The van der Waals surface area contributed by atoms with Crippen molar-refractivity contribution in [2.45, 2.75) is 0 Å². The molecule has 3 N–H and O–H groups in total. The molecule has 0 saturated heterocycles. The Hall–Kier alpha value is -1.56. The zero-order valence-electron chi connectivity index (χ0n) is 8.21. The maximum atomic E-state index is 11.0. The molecular formula is C9H12N2O3S. The summed E-state index contributed by atoms with van der Waals surface area (Å²) in [4.78, 5) is 0. The van der Waals surface area contributed by atoms with E-state index >= 15 is 0 Å². The molecule has 0 aliphatic carbocycles. The first kappa shape index (κ1) is 11.5. The van der Waals surface area contributed by atoms with Crippen molar-refractivity contribution in [3.8, 4) is 0 Å². The highest BCUT2D eigenvalue weighted by molar-refractivity contribution is 7.91. The third kappa shape index (κ3) is 3.59. The number of oxime groups is 1. The monoisotopic (exact) mass is 228 g/mol. The van der Waals surface area contributed by atoms with E-state index in [2.05, 4.69) is 5.16 Å². The van der Waals surface area contributed by atoms with Crippen molar-refractivity contribution in [1.82, 2.24) is 0 Å². The highest BCUT2D eigenvalue weighted by atomic mass is 32.2. The van der Waals surface area contributed by atoms with Gasteiger partial charge in [0.05, 0.1) is 5.75 Å². The highest BCUT2D eigenvalue weighted by Crippen LogP contribution is 2.09. The van der Waals surface area contributed by atoms with E-state index < -0.39 is 9.84 Å². The Kier molecular flexibility index (Phi) is 3.31. The quantitative estimate of drug-likeness (QED) is 0.341. The van der Waals surface area contributed by atoms with E-state index in [9.17, 15) is 8.42 Å². The lowest BCUT2D eigenvalue weighted by Crippen LogP contribution is -2.16. The molecule has 0 bridgehead atoms. The van der Waals surface area contributed by atoms with Crippen molar-refractivity contribution < 1.29 is 13.6 Å². The predicted molar refractivity (Wildman–Crippen MR) is 58.9 cm³/mol. The van der Waals surface area contributed by atoms with Crippen molar-refractivity contribution in [3.63, 3.8) is 0 Å². The van der Waals surface area contributed by atoms with Crippen LogP contribution in [0.2, 0.25) is 0 Å². The van der Waals surface area contributed by atoms with Crippen LogP contribution in [-0.4, -0.2) is 31.3 Å². The standard InChI is InChI=1S/C9H12N2O3S/c1-15(13,14)6-9(11-12)7-3-2-4-8(10)5-7/h2-5,12H,6,10H2,1H3/b11-9+. The van der Waals surface area contributed by atoms with Crippen LogP contribution in [0.4, 0.5) is 5.69 Å². The van der Waals surface area contributed by atoms with Gasteiger partial charge >= 0.3 is 0 Å². The Morgan fingerprint density at radius 2 is 2.20 bits per heavy atom. The van der Waals surface area contributed by atoms with E-state index in [1.54, 1.807) is 24.3 Å². The minimum absolute atomic E-state index is 0.0878. The van der Waals surface area contributed by atoms with E-state index in [-0.39, 0.29) is 11.5 Å². The minimum atomic E-state index is -3.23. The van der Waals surface area contributed by atoms with Gasteiger partial charge in [0.1, 0.15) is 5.71 Å². The summed E-state index contributed by atoms with van der Waals surface area (Å²) >= 11 is 0. The molecule has 0 aliphatic heterocycles. The van der Waals surface area contributed by atoms with Gasteiger partial charge < -0.3 is 10.9 Å². The van der Waals surface area contributed by atoms with Crippen molar-refractivity contribution in [2.75, 3.05) is 17.7 Å². The first-order valence-corrected chi connectivity index (χ1v) is 6.23. The molecule has 6 heteroatoms. The number of nitrogens with zero attached hydrogens (tertiary/aromatic N) is 1. The molecule has 0 amide bonds. The highest BCUT2D eigenvalue weighted by Gasteiger charge is 2.12. The molecule has 0 unspecified atom stereocenters. The molecule has 0 saturated carbocycles. The Bertz CT molecular complexity index is 480. The lowest BCUT2D eigenvalue weighted by Gasteiger charge is -2.03. The van der Waals surface area contributed by atoms with Crippen LogP contribution in [0.5, 0.6) is 0 Å². The second-order valence-corrected chi connectivity index (χ2v) is 5.38. The lowest BCUT2D eigenvalue weighted by molar-refractivity contribution is 0.319. The van der Waals surface area contributed by atoms with Crippen LogP contribution >= 0.6 is 0 Å². The number of rotatable bonds is 3. The van der Waals surface area contributed by atoms with Crippen LogP contribution in [0.15, 0.2) is 29.4 Å².